The van der Waals surface area contributed by atoms with Crippen molar-refractivity contribution in [2.45, 2.75) is 29.4 Å². The molecule has 1 fully saturated rings. The third kappa shape index (κ3) is 5.81. The van der Waals surface area contributed by atoms with E-state index in [0.29, 0.717) is 22.6 Å². The van der Waals surface area contributed by atoms with E-state index in [1.54, 1.807) is 48.2 Å². The number of hydrogen-bond donors (Lipinski definition) is 1. The van der Waals surface area contributed by atoms with Gasteiger partial charge < -0.3 is 14.1 Å². The van der Waals surface area contributed by atoms with Crippen LogP contribution in [0.4, 0.5) is 5.69 Å². The molecule has 1 aromatic heterocycles. The van der Waals surface area contributed by atoms with Gasteiger partial charge in [-0.15, -0.1) is 10.2 Å². The van der Waals surface area contributed by atoms with Gasteiger partial charge in [-0.25, -0.2) is 8.42 Å². The average Bonchev–Trinajstić information content (AvgIpc) is 3.29. The molecule has 0 radical (unpaired) electrons. The summed E-state index contributed by atoms with van der Waals surface area (Å²) >= 11 is 1.56. The molecule has 32 heavy (non-hydrogen) atoms. The van der Waals surface area contributed by atoms with E-state index in [0.717, 1.165) is 17.9 Å². The maximum atomic E-state index is 12.6. The Kier molecular flexibility index (Phi) is 7.33. The van der Waals surface area contributed by atoms with E-state index < -0.39 is 10.0 Å². The Morgan fingerprint density at radius 3 is 2.44 bits per heavy atom. The molecule has 0 spiro atoms. The lowest BCUT2D eigenvalue weighted by molar-refractivity contribution is 0.242. The number of likely N-dealkylation sites (tertiary alicyclic amines) is 1. The lowest BCUT2D eigenvalue weighted by Crippen LogP contribution is -2.31. The first-order valence-corrected chi connectivity index (χ1v) is 13.0. The van der Waals surface area contributed by atoms with Crippen LogP contribution in [0.2, 0.25) is 0 Å². The number of ether oxygens (including phenoxy) is 1. The fourth-order valence-corrected chi connectivity index (χ4v) is 5.30. The Balaban J connectivity index is 1.34. The molecule has 0 unspecified atom stereocenters. The van der Waals surface area contributed by atoms with E-state index in [-0.39, 0.29) is 4.90 Å². The summed E-state index contributed by atoms with van der Waals surface area (Å²) in [6.45, 7) is 3.36. The second-order valence-corrected chi connectivity index (χ2v) is 10.2. The van der Waals surface area contributed by atoms with Crippen LogP contribution in [0, 0.1) is 0 Å². The Labute approximate surface area is 192 Å². The third-order valence-corrected chi connectivity index (χ3v) is 7.44. The van der Waals surface area contributed by atoms with Crippen molar-refractivity contribution in [3.63, 3.8) is 0 Å². The van der Waals surface area contributed by atoms with Crippen molar-refractivity contribution in [1.82, 2.24) is 15.1 Å². The summed E-state index contributed by atoms with van der Waals surface area (Å²) in [4.78, 5) is 2.63. The molecule has 1 N–H and O–H groups in total. The van der Waals surface area contributed by atoms with Crippen molar-refractivity contribution in [2.24, 2.45) is 0 Å². The van der Waals surface area contributed by atoms with E-state index in [1.807, 2.05) is 0 Å². The summed E-state index contributed by atoms with van der Waals surface area (Å²) in [5.41, 5.74) is 1.17. The molecular weight excluding hydrogens is 448 g/mol. The second kappa shape index (κ2) is 10.4. The zero-order chi connectivity index (χ0) is 22.4. The highest BCUT2D eigenvalue weighted by Gasteiger charge is 2.15. The van der Waals surface area contributed by atoms with Gasteiger partial charge in [0.2, 0.25) is 5.89 Å². The third-order valence-electron chi connectivity index (χ3n) is 5.24. The monoisotopic (exact) mass is 474 g/mol. The van der Waals surface area contributed by atoms with E-state index in [1.165, 1.54) is 51.6 Å². The molecule has 1 saturated heterocycles. The zero-order valence-electron chi connectivity index (χ0n) is 17.9. The van der Waals surface area contributed by atoms with Crippen LogP contribution in [-0.4, -0.2) is 56.0 Å². The first kappa shape index (κ1) is 22.6. The van der Waals surface area contributed by atoms with Crippen LogP contribution in [0.3, 0.4) is 0 Å². The number of nitrogens with zero attached hydrogens (tertiary/aromatic N) is 3. The molecule has 8 nitrogen and oxygen atoms in total. The van der Waals surface area contributed by atoms with E-state index in [9.17, 15) is 8.42 Å². The zero-order valence-corrected chi connectivity index (χ0v) is 19.5. The van der Waals surface area contributed by atoms with Gasteiger partial charge in [-0.05, 0) is 74.5 Å². The van der Waals surface area contributed by atoms with Crippen molar-refractivity contribution >= 4 is 27.5 Å². The van der Waals surface area contributed by atoms with E-state index in [2.05, 4.69) is 19.8 Å². The molecular formula is C22H26N4O4S2. The number of aromatic nitrogens is 2. The van der Waals surface area contributed by atoms with Crippen LogP contribution >= 0.6 is 11.8 Å². The van der Waals surface area contributed by atoms with Crippen molar-refractivity contribution in [2.75, 3.05) is 37.2 Å². The van der Waals surface area contributed by atoms with Gasteiger partial charge in [0, 0.05) is 23.5 Å². The molecule has 2 heterocycles. The highest BCUT2D eigenvalue weighted by molar-refractivity contribution is 7.99. The predicted octanol–water partition coefficient (Wildman–Crippen LogP) is 4.12. The molecule has 0 saturated carbocycles. The molecule has 0 aliphatic carbocycles. The van der Waals surface area contributed by atoms with Crippen LogP contribution in [0.25, 0.3) is 11.5 Å². The van der Waals surface area contributed by atoms with E-state index in [4.69, 9.17) is 9.15 Å². The van der Waals surface area contributed by atoms with Gasteiger partial charge >= 0.3 is 0 Å². The molecule has 2 aromatic carbocycles. The van der Waals surface area contributed by atoms with Gasteiger partial charge in [0.05, 0.1) is 12.0 Å². The first-order valence-electron chi connectivity index (χ1n) is 10.5. The molecule has 1 aliphatic rings. The highest BCUT2D eigenvalue weighted by Crippen LogP contribution is 2.26. The van der Waals surface area contributed by atoms with E-state index >= 15 is 0 Å². The molecule has 0 atom stereocenters. The lowest BCUT2D eigenvalue weighted by Gasteiger charge is -2.25. The van der Waals surface area contributed by atoms with Gasteiger partial charge in [-0.1, -0.05) is 18.2 Å². The summed E-state index contributed by atoms with van der Waals surface area (Å²) in [7, 11) is -2.16. The van der Waals surface area contributed by atoms with Crippen molar-refractivity contribution in [3.8, 4) is 17.2 Å². The van der Waals surface area contributed by atoms with Gasteiger partial charge in [0.25, 0.3) is 15.2 Å². The largest absolute Gasteiger partial charge is 0.497 e. The van der Waals surface area contributed by atoms with Crippen LogP contribution in [0.1, 0.15) is 19.3 Å². The summed E-state index contributed by atoms with van der Waals surface area (Å²) in [6.07, 6.45) is 3.89. The van der Waals surface area contributed by atoms with Crippen molar-refractivity contribution in [1.29, 1.82) is 0 Å². The SMILES string of the molecule is COc1ccc(S(=O)(=O)Nc2ccc(-c3nnc(SCCN4CCCCC4)o3)cc2)cc1. The molecule has 0 amide bonds. The molecule has 170 valence electrons. The number of anilines is 1. The topological polar surface area (TPSA) is 97.6 Å². The van der Waals surface area contributed by atoms with Gasteiger partial charge in [0.15, 0.2) is 0 Å². The van der Waals surface area contributed by atoms with Crippen LogP contribution < -0.4 is 9.46 Å². The number of sulfonamides is 1. The van der Waals surface area contributed by atoms with Gasteiger partial charge in [-0.2, -0.15) is 0 Å². The number of hydrogen-bond acceptors (Lipinski definition) is 8. The maximum absolute atomic E-state index is 12.6. The fraction of sp³-hybridized carbons (Fsp3) is 0.364. The highest BCUT2D eigenvalue weighted by atomic mass is 32.2. The van der Waals surface area contributed by atoms with Crippen LogP contribution in [-0.2, 0) is 10.0 Å². The predicted molar refractivity (Wildman–Crippen MR) is 125 cm³/mol. The maximum Gasteiger partial charge on any atom is 0.276 e. The number of thioether (sulfide) groups is 1. The van der Waals surface area contributed by atoms with Gasteiger partial charge in [-0.3, -0.25) is 4.72 Å². The summed E-state index contributed by atoms with van der Waals surface area (Å²) in [6, 6.07) is 13.1. The normalized spacial score (nSPS) is 14.9. The minimum absolute atomic E-state index is 0.158. The summed E-state index contributed by atoms with van der Waals surface area (Å²) in [5.74, 6) is 1.92. The summed E-state index contributed by atoms with van der Waals surface area (Å²) < 4.78 is 38.6. The van der Waals surface area contributed by atoms with Crippen LogP contribution in [0.15, 0.2) is 63.1 Å². The molecule has 1 aliphatic heterocycles. The minimum Gasteiger partial charge on any atom is -0.497 e. The van der Waals surface area contributed by atoms with Gasteiger partial charge in [0.1, 0.15) is 5.75 Å². The Morgan fingerprint density at radius 2 is 1.75 bits per heavy atom. The first-order chi connectivity index (χ1) is 15.5. The standard InChI is InChI=1S/C22H26N4O4S2/c1-29-19-9-11-20(12-10-19)32(27,28)25-18-7-5-17(6-8-18)21-23-24-22(30-21)31-16-15-26-13-3-2-4-14-26/h5-12,25H,2-4,13-16H2,1H3. The number of rotatable bonds is 9. The number of nitrogens with one attached hydrogen (secondary N) is 1. The number of benzene rings is 2. The minimum atomic E-state index is -3.70. The molecule has 10 heteroatoms. The smallest absolute Gasteiger partial charge is 0.276 e. The van der Waals surface area contributed by atoms with Crippen LogP contribution in [0.5, 0.6) is 5.75 Å². The Morgan fingerprint density at radius 1 is 1.03 bits per heavy atom. The second-order valence-electron chi connectivity index (χ2n) is 7.48. The fourth-order valence-electron chi connectivity index (χ4n) is 3.48. The number of piperidine rings is 1. The van der Waals surface area contributed by atoms with Crippen molar-refractivity contribution in [3.05, 3.63) is 48.5 Å². The Bertz CT molecular complexity index is 1110. The quantitative estimate of drug-likeness (QED) is 0.463. The summed E-state index contributed by atoms with van der Waals surface area (Å²) in [5, 5.41) is 8.78. The molecule has 0 bridgehead atoms. The Hall–Kier alpha value is -2.56. The molecule has 4 rings (SSSR count). The van der Waals surface area contributed by atoms with Crippen molar-refractivity contribution < 1.29 is 17.6 Å². The number of methoxy groups -OCH3 is 1. The lowest BCUT2D eigenvalue weighted by atomic mass is 10.1. The molecule has 3 aromatic rings. The average molecular weight is 475 g/mol.